The van der Waals surface area contributed by atoms with Crippen molar-refractivity contribution in [1.29, 1.82) is 5.26 Å². The van der Waals surface area contributed by atoms with Crippen LogP contribution in [0.25, 0.3) is 11.1 Å². The molecule has 0 fully saturated rings. The van der Waals surface area contributed by atoms with Crippen LogP contribution in [0.3, 0.4) is 0 Å². The third kappa shape index (κ3) is 5.37. The lowest BCUT2D eigenvalue weighted by atomic mass is 10.0. The minimum absolute atomic E-state index is 0.0784. The van der Waals surface area contributed by atoms with Gasteiger partial charge in [0.1, 0.15) is 6.07 Å². The van der Waals surface area contributed by atoms with Gasteiger partial charge in [0, 0.05) is 17.8 Å². The number of halogens is 1. The Morgan fingerprint density at radius 2 is 1.84 bits per heavy atom. The summed E-state index contributed by atoms with van der Waals surface area (Å²) in [6.07, 6.45) is 0. The number of aryl methyl sites for hydroxylation is 1. The van der Waals surface area contributed by atoms with Gasteiger partial charge in [0.15, 0.2) is 0 Å². The fourth-order valence-electron chi connectivity index (χ4n) is 3.33. The first-order valence-electron chi connectivity index (χ1n) is 9.96. The molecule has 0 bridgehead atoms. The molecule has 0 spiro atoms. The quantitative estimate of drug-likeness (QED) is 0.543. The summed E-state index contributed by atoms with van der Waals surface area (Å²) in [6.45, 7) is 7.33. The molecule has 1 aromatic heterocycles. The van der Waals surface area contributed by atoms with Crippen LogP contribution in [0.2, 0.25) is 5.02 Å². The van der Waals surface area contributed by atoms with Crippen molar-refractivity contribution in [3.8, 4) is 17.2 Å². The van der Waals surface area contributed by atoms with E-state index < -0.39 is 15.6 Å². The van der Waals surface area contributed by atoms with Crippen molar-refractivity contribution in [2.24, 2.45) is 0 Å². The van der Waals surface area contributed by atoms with Crippen LogP contribution >= 0.6 is 11.6 Å². The largest absolute Gasteiger partial charge is 0.389 e. The lowest BCUT2D eigenvalue weighted by Crippen LogP contribution is -2.38. The molecule has 0 radical (unpaired) electrons. The van der Waals surface area contributed by atoms with E-state index in [-0.39, 0.29) is 11.4 Å². The highest BCUT2D eigenvalue weighted by molar-refractivity contribution is 7.89. The Hall–Kier alpha value is -2.70. The van der Waals surface area contributed by atoms with Gasteiger partial charge in [-0.1, -0.05) is 29.8 Å². The number of nitrogens with zero attached hydrogens (tertiary/aromatic N) is 3. The number of hydrogen-bond donors (Lipinski definition) is 2. The van der Waals surface area contributed by atoms with E-state index in [0.717, 1.165) is 28.1 Å². The van der Waals surface area contributed by atoms with Gasteiger partial charge in [-0.3, -0.25) is 4.68 Å². The van der Waals surface area contributed by atoms with E-state index >= 15 is 0 Å². The Balaban J connectivity index is 1.82. The van der Waals surface area contributed by atoms with E-state index in [1.165, 1.54) is 26.0 Å². The predicted octanol–water partition coefficient (Wildman–Crippen LogP) is 3.79. The van der Waals surface area contributed by atoms with Gasteiger partial charge < -0.3 is 5.11 Å². The van der Waals surface area contributed by atoms with Crippen LogP contribution in [-0.2, 0) is 16.6 Å². The van der Waals surface area contributed by atoms with Crippen LogP contribution in [0, 0.1) is 25.2 Å². The molecule has 168 valence electrons. The van der Waals surface area contributed by atoms with Crippen LogP contribution in [0.5, 0.6) is 0 Å². The molecule has 2 N–H and O–H groups in total. The second kappa shape index (κ2) is 9.04. The van der Waals surface area contributed by atoms with Gasteiger partial charge in [-0.05, 0) is 63.1 Å². The maximum atomic E-state index is 12.4. The lowest BCUT2D eigenvalue weighted by molar-refractivity contribution is 0.0857. The van der Waals surface area contributed by atoms with Crippen molar-refractivity contribution < 1.29 is 13.5 Å². The molecular formula is C23H25ClN4O3S. The Bertz CT molecular complexity index is 1280. The molecule has 0 saturated heterocycles. The Labute approximate surface area is 193 Å². The zero-order valence-corrected chi connectivity index (χ0v) is 19.9. The van der Waals surface area contributed by atoms with Gasteiger partial charge in [-0.15, -0.1) is 0 Å². The van der Waals surface area contributed by atoms with E-state index in [2.05, 4.69) is 15.9 Å². The third-order valence-electron chi connectivity index (χ3n) is 5.02. The predicted molar refractivity (Wildman–Crippen MR) is 124 cm³/mol. The molecule has 2 aromatic carbocycles. The number of hydrogen-bond acceptors (Lipinski definition) is 5. The Kier molecular flexibility index (Phi) is 6.77. The molecule has 0 aliphatic rings. The summed E-state index contributed by atoms with van der Waals surface area (Å²) in [5, 5.41) is 23.9. The molecule has 0 atom stereocenters. The van der Waals surface area contributed by atoms with Crippen LogP contribution in [0.1, 0.15) is 36.4 Å². The second-order valence-corrected chi connectivity index (χ2v) is 10.5. The molecule has 3 aromatic rings. The van der Waals surface area contributed by atoms with Gasteiger partial charge in [0.25, 0.3) is 0 Å². The summed E-state index contributed by atoms with van der Waals surface area (Å²) in [5.41, 5.74) is 3.78. The summed E-state index contributed by atoms with van der Waals surface area (Å²) in [6, 6.07) is 13.9. The van der Waals surface area contributed by atoms with Gasteiger partial charge in [0.2, 0.25) is 10.0 Å². The van der Waals surface area contributed by atoms with Crippen LogP contribution < -0.4 is 4.72 Å². The zero-order chi connectivity index (χ0) is 23.7. The summed E-state index contributed by atoms with van der Waals surface area (Å²) < 4.78 is 29.1. The summed E-state index contributed by atoms with van der Waals surface area (Å²) in [4.78, 5) is 0.131. The highest BCUT2D eigenvalue weighted by Crippen LogP contribution is 2.30. The monoisotopic (exact) mass is 472 g/mol. The number of benzene rings is 2. The topological polar surface area (TPSA) is 108 Å². The maximum Gasteiger partial charge on any atom is 0.240 e. The number of nitrogens with one attached hydrogen (secondary N) is 1. The molecule has 1 heterocycles. The summed E-state index contributed by atoms with van der Waals surface area (Å²) >= 11 is 6.20. The lowest BCUT2D eigenvalue weighted by Gasteiger charge is -2.17. The molecule has 3 rings (SSSR count). The molecule has 7 nitrogen and oxygen atoms in total. The first kappa shape index (κ1) is 24.0. The molecule has 0 aliphatic heterocycles. The number of rotatable bonds is 7. The molecule has 32 heavy (non-hydrogen) atoms. The minimum Gasteiger partial charge on any atom is -0.389 e. The van der Waals surface area contributed by atoms with E-state index in [4.69, 9.17) is 16.9 Å². The Morgan fingerprint density at radius 1 is 1.19 bits per heavy atom. The third-order valence-corrected chi connectivity index (χ3v) is 6.75. The number of aliphatic hydroxyl groups is 1. The number of aromatic nitrogens is 2. The summed E-state index contributed by atoms with van der Waals surface area (Å²) in [7, 11) is -3.71. The first-order chi connectivity index (χ1) is 14.9. The molecule has 0 amide bonds. The van der Waals surface area contributed by atoms with Gasteiger partial charge in [0.05, 0.1) is 33.3 Å². The first-order valence-corrected chi connectivity index (χ1v) is 11.8. The average molecular weight is 473 g/mol. The van der Waals surface area contributed by atoms with Crippen LogP contribution in [-0.4, -0.2) is 35.5 Å². The molecule has 0 unspecified atom stereocenters. The molecule has 0 aliphatic carbocycles. The fourth-order valence-corrected chi connectivity index (χ4v) is 4.76. The highest BCUT2D eigenvalue weighted by Gasteiger charge is 2.20. The van der Waals surface area contributed by atoms with Crippen molar-refractivity contribution in [2.75, 3.05) is 6.54 Å². The van der Waals surface area contributed by atoms with Gasteiger partial charge >= 0.3 is 0 Å². The second-order valence-electron chi connectivity index (χ2n) is 8.29. The maximum absolute atomic E-state index is 12.4. The average Bonchev–Trinajstić information content (AvgIpc) is 2.99. The van der Waals surface area contributed by atoms with E-state index in [1.807, 2.05) is 24.6 Å². The normalized spacial score (nSPS) is 12.0. The van der Waals surface area contributed by atoms with Crippen LogP contribution in [0.15, 0.2) is 47.4 Å². The van der Waals surface area contributed by atoms with Gasteiger partial charge in [-0.25, -0.2) is 13.1 Å². The van der Waals surface area contributed by atoms with E-state index in [1.54, 1.807) is 24.3 Å². The fraction of sp³-hybridized carbons (Fsp3) is 0.304. The van der Waals surface area contributed by atoms with E-state index in [9.17, 15) is 13.5 Å². The van der Waals surface area contributed by atoms with Crippen molar-refractivity contribution in [3.63, 3.8) is 0 Å². The van der Waals surface area contributed by atoms with Crippen molar-refractivity contribution in [3.05, 3.63) is 70.0 Å². The smallest absolute Gasteiger partial charge is 0.240 e. The van der Waals surface area contributed by atoms with Gasteiger partial charge in [-0.2, -0.15) is 10.4 Å². The highest BCUT2D eigenvalue weighted by atomic mass is 35.5. The van der Waals surface area contributed by atoms with Crippen molar-refractivity contribution in [1.82, 2.24) is 14.5 Å². The molecule has 0 saturated carbocycles. The molecular weight excluding hydrogens is 448 g/mol. The number of nitriles is 1. The van der Waals surface area contributed by atoms with Crippen molar-refractivity contribution >= 4 is 21.6 Å². The zero-order valence-electron chi connectivity index (χ0n) is 18.3. The number of sulfonamides is 1. The Morgan fingerprint density at radius 3 is 2.41 bits per heavy atom. The SMILES string of the molecule is Cc1nn(Cc2ccc(S(=O)(=O)NCC(C)(C)O)cc2)c(C)c1-c1ccc(C#N)c(Cl)c1. The van der Waals surface area contributed by atoms with Crippen molar-refractivity contribution in [2.45, 2.75) is 44.7 Å². The molecule has 9 heteroatoms. The van der Waals surface area contributed by atoms with E-state index in [0.29, 0.717) is 17.1 Å². The van der Waals surface area contributed by atoms with Crippen LogP contribution in [0.4, 0.5) is 0 Å². The summed E-state index contributed by atoms with van der Waals surface area (Å²) in [5.74, 6) is 0. The minimum atomic E-state index is -3.71. The standard InChI is InChI=1S/C23H25ClN4O3S/c1-15-22(18-7-8-19(12-25)21(24)11-18)16(2)28(27-15)13-17-5-9-20(10-6-17)32(30,31)26-14-23(3,4)29/h5-11,26,29H,13-14H2,1-4H3.